The van der Waals surface area contributed by atoms with Crippen molar-refractivity contribution in [1.29, 1.82) is 0 Å². The van der Waals surface area contributed by atoms with Gasteiger partial charge < -0.3 is 14.8 Å². The van der Waals surface area contributed by atoms with Gasteiger partial charge in [0.25, 0.3) is 0 Å². The summed E-state index contributed by atoms with van der Waals surface area (Å²) in [5.74, 6) is 0.631. The summed E-state index contributed by atoms with van der Waals surface area (Å²) in [5, 5.41) is 3.40. The van der Waals surface area contributed by atoms with Gasteiger partial charge >= 0.3 is 0 Å². The van der Waals surface area contributed by atoms with Crippen LogP contribution in [0.4, 0.5) is 0 Å². The molecule has 1 saturated heterocycles. The highest BCUT2D eigenvalue weighted by molar-refractivity contribution is 4.72. The molecule has 0 aliphatic carbocycles. The van der Waals surface area contributed by atoms with Gasteiger partial charge in [0.2, 0.25) is 0 Å². The Morgan fingerprint density at radius 1 is 1.50 bits per heavy atom. The molecule has 16 heavy (non-hydrogen) atoms. The lowest BCUT2D eigenvalue weighted by molar-refractivity contribution is 0.0972. The van der Waals surface area contributed by atoms with Crippen LogP contribution >= 0.6 is 0 Å². The second-order valence-corrected chi connectivity index (χ2v) is 4.99. The van der Waals surface area contributed by atoms with Crippen LogP contribution in [0.3, 0.4) is 0 Å². The molecule has 0 radical (unpaired) electrons. The van der Waals surface area contributed by atoms with E-state index < -0.39 is 0 Å². The van der Waals surface area contributed by atoms with Crippen LogP contribution in [-0.2, 0) is 9.47 Å². The molecule has 1 fully saturated rings. The summed E-state index contributed by atoms with van der Waals surface area (Å²) in [5.41, 5.74) is 0. The fourth-order valence-corrected chi connectivity index (χ4v) is 2.48. The highest BCUT2D eigenvalue weighted by Gasteiger charge is 2.18. The lowest BCUT2D eigenvalue weighted by Gasteiger charge is -2.21. The molecule has 0 aromatic heterocycles. The van der Waals surface area contributed by atoms with Gasteiger partial charge in [-0.3, -0.25) is 0 Å². The van der Waals surface area contributed by atoms with Crippen molar-refractivity contribution in [3.63, 3.8) is 0 Å². The zero-order valence-electron chi connectivity index (χ0n) is 11.0. The second kappa shape index (κ2) is 8.04. The van der Waals surface area contributed by atoms with Gasteiger partial charge in [0.1, 0.15) is 0 Å². The Morgan fingerprint density at radius 3 is 2.88 bits per heavy atom. The number of nitrogens with one attached hydrogen (secondary N) is 1. The van der Waals surface area contributed by atoms with Crippen molar-refractivity contribution in [2.45, 2.75) is 51.2 Å². The van der Waals surface area contributed by atoms with E-state index in [0.29, 0.717) is 18.1 Å². The number of hydrogen-bond acceptors (Lipinski definition) is 3. The predicted octanol–water partition coefficient (Wildman–Crippen LogP) is 2.21. The Morgan fingerprint density at radius 2 is 2.31 bits per heavy atom. The summed E-state index contributed by atoms with van der Waals surface area (Å²) < 4.78 is 10.8. The quantitative estimate of drug-likeness (QED) is 0.692. The van der Waals surface area contributed by atoms with E-state index in [0.717, 1.165) is 13.2 Å². The molecule has 0 bridgehead atoms. The molecule has 0 aromatic carbocycles. The fraction of sp³-hybridized carbons (Fsp3) is 1.00. The lowest BCUT2D eigenvalue weighted by Crippen LogP contribution is -2.29. The minimum Gasteiger partial charge on any atom is -0.384 e. The molecule has 0 spiro atoms. The van der Waals surface area contributed by atoms with Gasteiger partial charge in [-0.1, -0.05) is 6.92 Å². The van der Waals surface area contributed by atoms with E-state index in [1.165, 1.54) is 32.1 Å². The number of methoxy groups -OCH3 is 1. The molecule has 1 aliphatic heterocycles. The Hall–Kier alpha value is -0.120. The maximum Gasteiger partial charge on any atom is 0.0576 e. The van der Waals surface area contributed by atoms with Gasteiger partial charge in [-0.2, -0.15) is 0 Å². The molecular weight excluding hydrogens is 202 g/mol. The maximum atomic E-state index is 5.65. The summed E-state index contributed by atoms with van der Waals surface area (Å²) in [7, 11) is 3.83. The van der Waals surface area contributed by atoms with Gasteiger partial charge in [0.15, 0.2) is 0 Å². The first kappa shape index (κ1) is 13.9. The van der Waals surface area contributed by atoms with Crippen molar-refractivity contribution in [2.75, 3.05) is 27.4 Å². The molecule has 3 atom stereocenters. The summed E-state index contributed by atoms with van der Waals surface area (Å²) in [6.45, 7) is 4.08. The van der Waals surface area contributed by atoms with Gasteiger partial charge in [0, 0.05) is 26.4 Å². The Kier molecular flexibility index (Phi) is 7.01. The molecule has 3 unspecified atom stereocenters. The van der Waals surface area contributed by atoms with E-state index in [4.69, 9.17) is 9.47 Å². The molecule has 0 aromatic rings. The van der Waals surface area contributed by atoms with Crippen LogP contribution in [0.2, 0.25) is 0 Å². The van der Waals surface area contributed by atoms with E-state index in [1.54, 1.807) is 7.11 Å². The van der Waals surface area contributed by atoms with Crippen LogP contribution in [0.15, 0.2) is 0 Å². The van der Waals surface area contributed by atoms with E-state index >= 15 is 0 Å². The zero-order valence-corrected chi connectivity index (χ0v) is 11.0. The monoisotopic (exact) mass is 229 g/mol. The summed E-state index contributed by atoms with van der Waals surface area (Å²) in [4.78, 5) is 0. The minimum atomic E-state index is 0.522. The predicted molar refractivity (Wildman–Crippen MR) is 66.7 cm³/mol. The first-order chi connectivity index (χ1) is 7.76. The first-order valence-corrected chi connectivity index (χ1v) is 6.54. The van der Waals surface area contributed by atoms with E-state index in [9.17, 15) is 0 Å². The molecule has 0 amide bonds. The Bertz CT molecular complexity index is 169. The number of rotatable bonds is 8. The number of ether oxygens (including phenoxy) is 2. The normalized spacial score (nSPS) is 24.6. The van der Waals surface area contributed by atoms with Gasteiger partial charge in [-0.15, -0.1) is 0 Å². The van der Waals surface area contributed by atoms with Crippen molar-refractivity contribution >= 4 is 0 Å². The fourth-order valence-electron chi connectivity index (χ4n) is 2.48. The van der Waals surface area contributed by atoms with Crippen LogP contribution in [-0.4, -0.2) is 39.5 Å². The molecule has 3 heteroatoms. The molecule has 1 rings (SSSR count). The second-order valence-electron chi connectivity index (χ2n) is 4.99. The molecule has 1 aliphatic rings. The van der Waals surface area contributed by atoms with E-state index in [2.05, 4.69) is 19.3 Å². The van der Waals surface area contributed by atoms with E-state index in [-0.39, 0.29) is 0 Å². The van der Waals surface area contributed by atoms with Crippen LogP contribution in [0.25, 0.3) is 0 Å². The standard InChI is InChI=1S/C13H27NO2/c1-11(10-15-3)9-12(14-2)6-7-13-5-4-8-16-13/h11-14H,4-10H2,1-3H3. The van der Waals surface area contributed by atoms with Crippen LogP contribution in [0, 0.1) is 5.92 Å². The molecular formula is C13H27NO2. The molecule has 3 nitrogen and oxygen atoms in total. The Balaban J connectivity index is 2.14. The highest BCUT2D eigenvalue weighted by atomic mass is 16.5. The third-order valence-electron chi connectivity index (χ3n) is 3.41. The van der Waals surface area contributed by atoms with Crippen LogP contribution < -0.4 is 5.32 Å². The van der Waals surface area contributed by atoms with Crippen molar-refractivity contribution < 1.29 is 9.47 Å². The average molecular weight is 229 g/mol. The van der Waals surface area contributed by atoms with Gasteiger partial charge in [0.05, 0.1) is 6.10 Å². The Labute approximate surface area is 99.9 Å². The SMILES string of the molecule is CNC(CCC1CCCO1)CC(C)COC. The highest BCUT2D eigenvalue weighted by Crippen LogP contribution is 2.19. The summed E-state index contributed by atoms with van der Waals surface area (Å²) in [6.07, 6.45) is 6.63. The van der Waals surface area contributed by atoms with Gasteiger partial charge in [-0.25, -0.2) is 0 Å². The van der Waals surface area contributed by atoms with Crippen molar-refractivity contribution in [3.05, 3.63) is 0 Å². The molecule has 96 valence electrons. The van der Waals surface area contributed by atoms with Crippen molar-refractivity contribution in [1.82, 2.24) is 5.32 Å². The molecule has 1 heterocycles. The third kappa shape index (κ3) is 5.28. The van der Waals surface area contributed by atoms with Crippen molar-refractivity contribution in [3.8, 4) is 0 Å². The summed E-state index contributed by atoms with van der Waals surface area (Å²) in [6, 6.07) is 0.606. The zero-order chi connectivity index (χ0) is 11.8. The smallest absolute Gasteiger partial charge is 0.0576 e. The first-order valence-electron chi connectivity index (χ1n) is 6.54. The van der Waals surface area contributed by atoms with E-state index in [1.807, 2.05) is 0 Å². The maximum absolute atomic E-state index is 5.65. The number of hydrogen-bond donors (Lipinski definition) is 1. The van der Waals surface area contributed by atoms with Crippen LogP contribution in [0.1, 0.15) is 39.0 Å². The van der Waals surface area contributed by atoms with Crippen LogP contribution in [0.5, 0.6) is 0 Å². The topological polar surface area (TPSA) is 30.5 Å². The van der Waals surface area contributed by atoms with Crippen molar-refractivity contribution in [2.24, 2.45) is 5.92 Å². The molecule has 1 N–H and O–H groups in total. The average Bonchev–Trinajstić information content (AvgIpc) is 2.77. The third-order valence-corrected chi connectivity index (χ3v) is 3.41. The largest absolute Gasteiger partial charge is 0.384 e. The minimum absolute atomic E-state index is 0.522. The molecule has 0 saturated carbocycles. The summed E-state index contributed by atoms with van der Waals surface area (Å²) >= 11 is 0. The lowest BCUT2D eigenvalue weighted by atomic mass is 9.97. The van der Waals surface area contributed by atoms with Gasteiger partial charge in [-0.05, 0) is 45.1 Å².